The quantitative estimate of drug-likeness (QED) is 0.414. The van der Waals surface area contributed by atoms with Crippen molar-refractivity contribution in [1.29, 1.82) is 0 Å². The lowest BCUT2D eigenvalue weighted by Gasteiger charge is -2.26. The minimum absolute atomic E-state index is 0.466. The highest BCUT2D eigenvalue weighted by Crippen LogP contribution is 2.30. The Bertz CT molecular complexity index is 124. The average molecular weight is 216 g/mol. The Labute approximate surface area is 93.4 Å². The van der Waals surface area contributed by atoms with Crippen LogP contribution in [0.2, 0.25) is 0 Å². The fourth-order valence-corrected chi connectivity index (χ4v) is 1.81. The lowest BCUT2D eigenvalue weighted by molar-refractivity contribution is 0.370. The lowest BCUT2D eigenvalue weighted by Crippen LogP contribution is -2.19. The van der Waals surface area contributed by atoms with Gasteiger partial charge in [0.2, 0.25) is 0 Å². The van der Waals surface area contributed by atoms with Crippen molar-refractivity contribution in [1.82, 2.24) is 0 Å². The maximum atomic E-state index is 3.01. The highest BCUT2D eigenvalue weighted by atomic mass is 31.0. The Kier molecular flexibility index (Phi) is 7.92. The molecule has 0 bridgehead atoms. The third kappa shape index (κ3) is 7.80. The van der Waals surface area contributed by atoms with Gasteiger partial charge in [-0.15, -0.1) is 9.24 Å². The summed E-state index contributed by atoms with van der Waals surface area (Å²) in [6, 6.07) is 0. The maximum Gasteiger partial charge on any atom is -0.0215 e. The van der Waals surface area contributed by atoms with Crippen LogP contribution in [0.5, 0.6) is 0 Å². The minimum Gasteiger partial charge on any atom is -0.134 e. The molecule has 0 aliphatic rings. The maximum absolute atomic E-state index is 3.01. The third-order valence-electron chi connectivity index (χ3n) is 2.98. The van der Waals surface area contributed by atoms with Crippen LogP contribution in [0.15, 0.2) is 0 Å². The molecule has 0 aromatic heterocycles. The second-order valence-corrected chi connectivity index (χ2v) is 6.33. The molecule has 0 fully saturated rings. The zero-order valence-electron chi connectivity index (χ0n) is 10.6. The number of hydrogen-bond acceptors (Lipinski definition) is 0. The van der Waals surface area contributed by atoms with Gasteiger partial charge in [-0.3, -0.25) is 0 Å². The second-order valence-electron chi connectivity index (χ2n) is 5.53. The third-order valence-corrected chi connectivity index (χ3v) is 4.31. The van der Waals surface area contributed by atoms with Crippen LogP contribution in [0.25, 0.3) is 0 Å². The highest BCUT2D eigenvalue weighted by molar-refractivity contribution is 7.17. The van der Waals surface area contributed by atoms with Gasteiger partial charge in [0.25, 0.3) is 0 Å². The standard InChI is InChI=1S/C13H29P/c1-5-6-7-8-9-10-11-12(14)13(2,3)4/h12H,5-11,14H2,1-4H3. The summed E-state index contributed by atoms with van der Waals surface area (Å²) in [5.41, 5.74) is 1.25. The van der Waals surface area contributed by atoms with E-state index in [4.69, 9.17) is 0 Å². The summed E-state index contributed by atoms with van der Waals surface area (Å²) in [4.78, 5) is 0. The first-order valence-corrected chi connectivity index (χ1v) is 6.90. The van der Waals surface area contributed by atoms with E-state index in [1.165, 1.54) is 44.9 Å². The van der Waals surface area contributed by atoms with Gasteiger partial charge in [-0.2, -0.15) is 0 Å². The van der Waals surface area contributed by atoms with Gasteiger partial charge in [-0.1, -0.05) is 66.2 Å². The largest absolute Gasteiger partial charge is 0.134 e. The zero-order valence-corrected chi connectivity index (χ0v) is 11.8. The van der Waals surface area contributed by atoms with Crippen molar-refractivity contribution in [2.24, 2.45) is 5.41 Å². The van der Waals surface area contributed by atoms with Gasteiger partial charge in [-0.05, 0) is 17.5 Å². The van der Waals surface area contributed by atoms with Gasteiger partial charge < -0.3 is 0 Å². The van der Waals surface area contributed by atoms with Crippen LogP contribution in [-0.4, -0.2) is 5.66 Å². The predicted octanol–water partition coefficient (Wildman–Crippen LogP) is 5.03. The van der Waals surface area contributed by atoms with Crippen molar-refractivity contribution in [3.8, 4) is 0 Å². The molecule has 86 valence electrons. The molecule has 0 aliphatic heterocycles. The van der Waals surface area contributed by atoms with E-state index in [0.29, 0.717) is 5.41 Å². The Hall–Kier alpha value is 0.430. The van der Waals surface area contributed by atoms with Gasteiger partial charge in [-0.25, -0.2) is 0 Å². The lowest BCUT2D eigenvalue weighted by atomic mass is 9.88. The van der Waals surface area contributed by atoms with E-state index in [0.717, 1.165) is 5.66 Å². The molecule has 0 heterocycles. The van der Waals surface area contributed by atoms with E-state index in [-0.39, 0.29) is 0 Å². The van der Waals surface area contributed by atoms with E-state index in [1.807, 2.05) is 0 Å². The van der Waals surface area contributed by atoms with Crippen LogP contribution in [0.1, 0.15) is 72.6 Å². The van der Waals surface area contributed by atoms with Crippen molar-refractivity contribution in [2.75, 3.05) is 0 Å². The molecule has 0 aromatic carbocycles. The SMILES string of the molecule is CCCCCCCCC(P)C(C)(C)C. The molecule has 0 rings (SSSR count). The number of unbranched alkanes of at least 4 members (excludes halogenated alkanes) is 5. The molecule has 0 radical (unpaired) electrons. The topological polar surface area (TPSA) is 0 Å². The highest BCUT2D eigenvalue weighted by Gasteiger charge is 2.18. The molecule has 1 heteroatoms. The Morgan fingerprint density at radius 3 is 1.93 bits per heavy atom. The van der Waals surface area contributed by atoms with Crippen molar-refractivity contribution >= 4 is 9.24 Å². The van der Waals surface area contributed by atoms with Gasteiger partial charge in [0.15, 0.2) is 0 Å². The smallest absolute Gasteiger partial charge is 0.0215 e. The summed E-state index contributed by atoms with van der Waals surface area (Å²) in [7, 11) is 3.01. The van der Waals surface area contributed by atoms with Crippen LogP contribution in [0.3, 0.4) is 0 Å². The van der Waals surface area contributed by atoms with E-state index in [1.54, 1.807) is 0 Å². The monoisotopic (exact) mass is 216 g/mol. The Morgan fingerprint density at radius 1 is 0.929 bits per heavy atom. The molecule has 0 aromatic rings. The van der Waals surface area contributed by atoms with Crippen molar-refractivity contribution in [3.63, 3.8) is 0 Å². The average Bonchev–Trinajstić information content (AvgIpc) is 2.09. The second kappa shape index (κ2) is 7.69. The fraction of sp³-hybridized carbons (Fsp3) is 1.00. The van der Waals surface area contributed by atoms with Crippen LogP contribution >= 0.6 is 9.24 Å². The fourth-order valence-electron chi connectivity index (χ4n) is 1.58. The summed E-state index contributed by atoms with van der Waals surface area (Å²) >= 11 is 0. The molecule has 0 aliphatic carbocycles. The van der Waals surface area contributed by atoms with E-state index in [9.17, 15) is 0 Å². The number of rotatable bonds is 7. The number of hydrogen-bond donors (Lipinski definition) is 0. The van der Waals surface area contributed by atoms with E-state index >= 15 is 0 Å². The van der Waals surface area contributed by atoms with Crippen molar-refractivity contribution in [3.05, 3.63) is 0 Å². The molecule has 2 unspecified atom stereocenters. The first-order chi connectivity index (χ1) is 6.48. The Morgan fingerprint density at radius 2 is 1.43 bits per heavy atom. The van der Waals surface area contributed by atoms with Crippen LogP contribution in [0, 0.1) is 5.41 Å². The molecule has 14 heavy (non-hydrogen) atoms. The van der Waals surface area contributed by atoms with E-state index in [2.05, 4.69) is 36.9 Å². The van der Waals surface area contributed by atoms with Crippen LogP contribution < -0.4 is 0 Å². The predicted molar refractivity (Wildman–Crippen MR) is 70.9 cm³/mol. The van der Waals surface area contributed by atoms with Crippen LogP contribution in [0.4, 0.5) is 0 Å². The van der Waals surface area contributed by atoms with Crippen molar-refractivity contribution in [2.45, 2.75) is 78.3 Å². The molecule has 0 spiro atoms. The summed E-state index contributed by atoms with van der Waals surface area (Å²) in [5.74, 6) is 0. The first kappa shape index (κ1) is 14.4. The normalized spacial score (nSPS) is 14.4. The zero-order chi connectivity index (χ0) is 11.0. The molecular formula is C13H29P. The van der Waals surface area contributed by atoms with Gasteiger partial charge >= 0.3 is 0 Å². The molecule has 0 amide bonds. The molecule has 0 saturated carbocycles. The molecule has 0 N–H and O–H groups in total. The summed E-state index contributed by atoms with van der Waals surface area (Å²) in [6.45, 7) is 9.28. The Balaban J connectivity index is 3.28. The molecule has 0 saturated heterocycles. The molecular weight excluding hydrogens is 187 g/mol. The molecule has 0 nitrogen and oxygen atoms in total. The summed E-state index contributed by atoms with van der Waals surface area (Å²) in [5, 5.41) is 0. The van der Waals surface area contributed by atoms with Gasteiger partial charge in [0, 0.05) is 0 Å². The van der Waals surface area contributed by atoms with Gasteiger partial charge in [0.1, 0.15) is 0 Å². The van der Waals surface area contributed by atoms with Gasteiger partial charge in [0.05, 0.1) is 0 Å². The molecule has 2 atom stereocenters. The summed E-state index contributed by atoms with van der Waals surface area (Å²) in [6.07, 6.45) is 9.87. The van der Waals surface area contributed by atoms with Crippen molar-refractivity contribution < 1.29 is 0 Å². The first-order valence-electron chi connectivity index (χ1n) is 6.24. The van der Waals surface area contributed by atoms with Crippen LogP contribution in [-0.2, 0) is 0 Å². The summed E-state index contributed by atoms with van der Waals surface area (Å²) < 4.78 is 0. The van der Waals surface area contributed by atoms with E-state index < -0.39 is 0 Å². The minimum atomic E-state index is 0.466.